The largest absolute Gasteiger partial charge is 0.478 e. The van der Waals surface area contributed by atoms with Gasteiger partial charge in [-0.05, 0) is 32.9 Å². The van der Waals surface area contributed by atoms with E-state index in [2.05, 4.69) is 10.2 Å². The van der Waals surface area contributed by atoms with Crippen LogP contribution in [0.2, 0.25) is 0 Å². The van der Waals surface area contributed by atoms with Crippen molar-refractivity contribution in [3.05, 3.63) is 12.2 Å². The van der Waals surface area contributed by atoms with Crippen molar-refractivity contribution >= 4 is 17.9 Å². The van der Waals surface area contributed by atoms with Crippen LogP contribution in [0.25, 0.3) is 0 Å². The Morgan fingerprint density at radius 2 is 1.85 bits per heavy atom. The van der Waals surface area contributed by atoms with Crippen LogP contribution in [0.4, 0.5) is 4.79 Å². The van der Waals surface area contributed by atoms with Crippen molar-refractivity contribution in [3.63, 3.8) is 0 Å². The molecule has 0 radical (unpaired) electrons. The average molecular weight is 283 g/mol. The van der Waals surface area contributed by atoms with E-state index in [1.165, 1.54) is 19.3 Å². The van der Waals surface area contributed by atoms with Crippen molar-refractivity contribution in [2.24, 2.45) is 0 Å². The molecule has 1 aliphatic rings. The number of likely N-dealkylation sites (tertiary alicyclic amines) is 1. The summed E-state index contributed by atoms with van der Waals surface area (Å²) in [6, 6.07) is -0.403. The molecule has 0 spiro atoms. The predicted molar refractivity (Wildman–Crippen MR) is 73.2 cm³/mol. The number of rotatable bonds is 5. The molecule has 3 N–H and O–H groups in total. The van der Waals surface area contributed by atoms with E-state index in [9.17, 15) is 14.4 Å². The van der Waals surface area contributed by atoms with Crippen LogP contribution in [-0.2, 0) is 9.59 Å². The van der Waals surface area contributed by atoms with Crippen LogP contribution in [0.1, 0.15) is 26.2 Å². The van der Waals surface area contributed by atoms with Gasteiger partial charge < -0.3 is 10.4 Å². The van der Waals surface area contributed by atoms with E-state index in [1.54, 1.807) is 0 Å². The summed E-state index contributed by atoms with van der Waals surface area (Å²) in [7, 11) is 0. The monoisotopic (exact) mass is 283 g/mol. The molecule has 7 nitrogen and oxygen atoms in total. The van der Waals surface area contributed by atoms with Crippen molar-refractivity contribution in [2.75, 3.05) is 19.6 Å². The first kappa shape index (κ1) is 16.2. The van der Waals surface area contributed by atoms with Gasteiger partial charge in [-0.15, -0.1) is 0 Å². The Bertz CT molecular complexity index is 389. The van der Waals surface area contributed by atoms with Crippen molar-refractivity contribution in [1.29, 1.82) is 0 Å². The van der Waals surface area contributed by atoms with E-state index < -0.39 is 17.9 Å². The number of amides is 3. The number of carboxylic acids is 1. The Morgan fingerprint density at radius 3 is 2.45 bits per heavy atom. The zero-order chi connectivity index (χ0) is 15.0. The number of nitrogens with one attached hydrogen (secondary N) is 2. The first-order valence-corrected chi connectivity index (χ1v) is 6.73. The molecule has 1 unspecified atom stereocenters. The van der Waals surface area contributed by atoms with Gasteiger partial charge in [-0.3, -0.25) is 15.0 Å². The Labute approximate surface area is 118 Å². The van der Waals surface area contributed by atoms with Crippen LogP contribution in [0.5, 0.6) is 0 Å². The molecule has 0 saturated carbocycles. The first-order chi connectivity index (χ1) is 9.49. The number of imide groups is 1. The normalized spacial score (nSPS) is 17.6. The highest BCUT2D eigenvalue weighted by Crippen LogP contribution is 2.11. The van der Waals surface area contributed by atoms with Gasteiger partial charge in [0, 0.05) is 24.7 Å². The minimum absolute atomic E-state index is 0.214. The van der Waals surface area contributed by atoms with E-state index in [1.807, 2.05) is 12.2 Å². The van der Waals surface area contributed by atoms with E-state index in [-0.39, 0.29) is 6.04 Å². The number of nitrogens with zero attached hydrogens (tertiary/aromatic N) is 1. The molecule has 0 aromatic heterocycles. The Morgan fingerprint density at radius 1 is 1.20 bits per heavy atom. The van der Waals surface area contributed by atoms with Crippen molar-refractivity contribution < 1.29 is 19.5 Å². The molecule has 1 rings (SSSR count). The topological polar surface area (TPSA) is 98.7 Å². The minimum Gasteiger partial charge on any atom is -0.478 e. The second-order valence-corrected chi connectivity index (χ2v) is 4.82. The minimum atomic E-state index is -1.24. The summed E-state index contributed by atoms with van der Waals surface area (Å²) in [4.78, 5) is 35.1. The standard InChI is InChI=1S/C13H21N3O4/c1-10(16-7-3-2-4-8-16)9-14-13(20)15-11(17)5-6-12(18)19/h5-6,10H,2-4,7-9H2,1H3,(H,18,19)(H2,14,15,17,20). The highest BCUT2D eigenvalue weighted by molar-refractivity contribution is 6.02. The lowest BCUT2D eigenvalue weighted by Gasteiger charge is -2.32. The molecule has 20 heavy (non-hydrogen) atoms. The molecular formula is C13H21N3O4. The van der Waals surface area contributed by atoms with Gasteiger partial charge in [-0.25, -0.2) is 9.59 Å². The molecule has 7 heteroatoms. The van der Waals surface area contributed by atoms with E-state index in [4.69, 9.17) is 5.11 Å². The third-order valence-electron chi connectivity index (χ3n) is 3.19. The van der Waals surface area contributed by atoms with Crippen LogP contribution < -0.4 is 10.6 Å². The maximum Gasteiger partial charge on any atom is 0.328 e. The number of carbonyl (C=O) groups is 3. The SMILES string of the molecule is CC(CNC(=O)NC(=O)C=CC(=O)O)N1CCCCC1. The molecule has 0 aromatic rings. The average Bonchev–Trinajstić information content (AvgIpc) is 2.43. The van der Waals surface area contributed by atoms with Crippen LogP contribution >= 0.6 is 0 Å². The lowest BCUT2D eigenvalue weighted by molar-refractivity contribution is -0.131. The van der Waals surface area contributed by atoms with Gasteiger partial charge in [0.05, 0.1) is 0 Å². The van der Waals surface area contributed by atoms with Gasteiger partial charge in [0.2, 0.25) is 0 Å². The predicted octanol–water partition coefficient (Wildman–Crippen LogP) is 0.327. The molecule has 3 amide bonds. The smallest absolute Gasteiger partial charge is 0.328 e. The van der Waals surface area contributed by atoms with E-state index >= 15 is 0 Å². The number of hydrogen-bond donors (Lipinski definition) is 3. The highest BCUT2D eigenvalue weighted by Gasteiger charge is 2.17. The van der Waals surface area contributed by atoms with Gasteiger partial charge in [-0.2, -0.15) is 0 Å². The molecular weight excluding hydrogens is 262 g/mol. The maximum absolute atomic E-state index is 11.4. The molecule has 112 valence electrons. The van der Waals surface area contributed by atoms with Crippen LogP contribution in [-0.4, -0.2) is 53.6 Å². The molecule has 1 saturated heterocycles. The Kier molecular flexibility index (Phi) is 6.72. The fourth-order valence-corrected chi connectivity index (χ4v) is 2.07. The summed E-state index contributed by atoms with van der Waals surface area (Å²) in [6.07, 6.45) is 5.08. The van der Waals surface area contributed by atoms with Gasteiger partial charge in [0.15, 0.2) is 0 Å². The fraction of sp³-hybridized carbons (Fsp3) is 0.615. The number of urea groups is 1. The molecule has 0 aliphatic carbocycles. The second-order valence-electron chi connectivity index (χ2n) is 4.82. The molecule has 0 bridgehead atoms. The first-order valence-electron chi connectivity index (χ1n) is 6.73. The third kappa shape index (κ3) is 6.33. The second kappa shape index (κ2) is 8.31. The molecule has 1 fully saturated rings. The maximum atomic E-state index is 11.4. The number of hydrogen-bond acceptors (Lipinski definition) is 4. The molecule has 1 atom stereocenters. The summed E-state index contributed by atoms with van der Waals surface area (Å²) >= 11 is 0. The van der Waals surface area contributed by atoms with Crippen LogP contribution in [0.15, 0.2) is 12.2 Å². The zero-order valence-electron chi connectivity index (χ0n) is 11.6. The van der Waals surface area contributed by atoms with Crippen LogP contribution in [0, 0.1) is 0 Å². The van der Waals surface area contributed by atoms with E-state index in [0.717, 1.165) is 19.2 Å². The van der Waals surface area contributed by atoms with Crippen molar-refractivity contribution in [3.8, 4) is 0 Å². The number of piperidine rings is 1. The lowest BCUT2D eigenvalue weighted by atomic mass is 10.1. The van der Waals surface area contributed by atoms with Crippen molar-refractivity contribution in [2.45, 2.75) is 32.2 Å². The molecule has 1 heterocycles. The van der Waals surface area contributed by atoms with Crippen LogP contribution in [0.3, 0.4) is 0 Å². The number of carbonyl (C=O) groups excluding carboxylic acids is 2. The summed E-state index contributed by atoms with van der Waals surface area (Å²) in [5, 5.41) is 13.0. The zero-order valence-corrected chi connectivity index (χ0v) is 11.6. The lowest BCUT2D eigenvalue weighted by Crippen LogP contribution is -2.47. The number of carboxylic acid groups (broad SMARTS) is 1. The summed E-state index contributed by atoms with van der Waals surface area (Å²) in [5.41, 5.74) is 0. The Hall–Kier alpha value is -1.89. The number of aliphatic carboxylic acids is 1. The summed E-state index contributed by atoms with van der Waals surface area (Å²) < 4.78 is 0. The van der Waals surface area contributed by atoms with Gasteiger partial charge in [0.25, 0.3) is 5.91 Å². The molecule has 0 aromatic carbocycles. The van der Waals surface area contributed by atoms with E-state index in [0.29, 0.717) is 12.6 Å². The van der Waals surface area contributed by atoms with Crippen molar-refractivity contribution in [1.82, 2.24) is 15.5 Å². The quantitative estimate of drug-likeness (QED) is 0.631. The summed E-state index contributed by atoms with van der Waals surface area (Å²) in [6.45, 7) is 4.54. The Balaban J connectivity index is 2.25. The van der Waals surface area contributed by atoms with Gasteiger partial charge in [0.1, 0.15) is 0 Å². The fourth-order valence-electron chi connectivity index (χ4n) is 2.07. The molecule has 1 aliphatic heterocycles. The van der Waals surface area contributed by atoms with Gasteiger partial charge >= 0.3 is 12.0 Å². The third-order valence-corrected chi connectivity index (χ3v) is 3.19. The highest BCUT2D eigenvalue weighted by atomic mass is 16.4. The summed E-state index contributed by atoms with van der Waals surface area (Å²) in [5.74, 6) is -1.99. The van der Waals surface area contributed by atoms with Gasteiger partial charge in [-0.1, -0.05) is 6.42 Å².